The summed E-state index contributed by atoms with van der Waals surface area (Å²) in [5.74, 6) is -0.572. The van der Waals surface area contributed by atoms with Crippen LogP contribution in [0.4, 0.5) is 0 Å². The molecular formula is C13H24N2O3. The van der Waals surface area contributed by atoms with E-state index in [1.165, 1.54) is 0 Å². The average molecular weight is 256 g/mol. The summed E-state index contributed by atoms with van der Waals surface area (Å²) in [6.07, 6.45) is 3.11. The molecule has 0 aromatic heterocycles. The van der Waals surface area contributed by atoms with Crippen LogP contribution in [0.2, 0.25) is 0 Å². The van der Waals surface area contributed by atoms with Crippen molar-refractivity contribution in [3.8, 4) is 0 Å². The molecule has 3 N–H and O–H groups in total. The average Bonchev–Trinajstić information content (AvgIpc) is 2.85. The third-order valence-electron chi connectivity index (χ3n) is 3.74. The highest BCUT2D eigenvalue weighted by atomic mass is 16.4. The molecule has 3 unspecified atom stereocenters. The minimum Gasteiger partial charge on any atom is -0.480 e. The maximum Gasteiger partial charge on any atom is 0.326 e. The first-order valence-corrected chi connectivity index (χ1v) is 6.77. The van der Waals surface area contributed by atoms with Crippen LogP contribution >= 0.6 is 0 Å². The summed E-state index contributed by atoms with van der Waals surface area (Å²) in [5, 5.41) is 15.0. The Kier molecular flexibility index (Phi) is 6.12. The van der Waals surface area contributed by atoms with E-state index >= 15 is 0 Å². The Bertz CT molecular complexity index is 288. The summed E-state index contributed by atoms with van der Waals surface area (Å²) in [7, 11) is 0. The number of hydrogen-bond acceptors (Lipinski definition) is 3. The van der Waals surface area contributed by atoms with Gasteiger partial charge in [-0.15, -0.1) is 0 Å². The summed E-state index contributed by atoms with van der Waals surface area (Å²) in [6, 6.07) is -0.760. The predicted molar refractivity (Wildman–Crippen MR) is 69.2 cm³/mol. The molecule has 1 rings (SSSR count). The van der Waals surface area contributed by atoms with Crippen molar-refractivity contribution in [2.45, 2.75) is 45.6 Å². The number of carbonyl (C=O) groups is 2. The van der Waals surface area contributed by atoms with Crippen molar-refractivity contribution >= 4 is 11.9 Å². The van der Waals surface area contributed by atoms with Gasteiger partial charge < -0.3 is 15.7 Å². The molecule has 1 saturated heterocycles. The minimum atomic E-state index is -0.944. The number of rotatable bonds is 7. The number of carbonyl (C=O) groups excluding carboxylic acids is 1. The molecule has 0 aliphatic carbocycles. The van der Waals surface area contributed by atoms with Crippen LogP contribution < -0.4 is 10.6 Å². The number of nitrogens with one attached hydrogen (secondary N) is 2. The highest BCUT2D eigenvalue weighted by molar-refractivity contribution is 5.83. The molecule has 104 valence electrons. The molecule has 0 radical (unpaired) electrons. The molecule has 3 atom stereocenters. The summed E-state index contributed by atoms with van der Waals surface area (Å²) in [4.78, 5) is 22.8. The van der Waals surface area contributed by atoms with Gasteiger partial charge in [-0.05, 0) is 37.8 Å². The highest BCUT2D eigenvalue weighted by Crippen LogP contribution is 2.14. The number of hydrogen-bond donors (Lipinski definition) is 3. The van der Waals surface area contributed by atoms with Gasteiger partial charge in [0, 0.05) is 6.42 Å². The van der Waals surface area contributed by atoms with Gasteiger partial charge in [-0.25, -0.2) is 4.79 Å². The van der Waals surface area contributed by atoms with Crippen LogP contribution in [0.5, 0.6) is 0 Å². The van der Waals surface area contributed by atoms with Crippen molar-refractivity contribution in [2.75, 3.05) is 13.1 Å². The van der Waals surface area contributed by atoms with E-state index in [-0.39, 0.29) is 11.8 Å². The van der Waals surface area contributed by atoms with Crippen LogP contribution in [0.3, 0.4) is 0 Å². The maximum absolute atomic E-state index is 11.7. The molecule has 18 heavy (non-hydrogen) atoms. The lowest BCUT2D eigenvalue weighted by molar-refractivity contribution is -0.143. The van der Waals surface area contributed by atoms with E-state index in [4.69, 9.17) is 5.11 Å². The van der Waals surface area contributed by atoms with E-state index in [1.54, 1.807) is 0 Å². The zero-order valence-corrected chi connectivity index (χ0v) is 11.2. The lowest BCUT2D eigenvalue weighted by Gasteiger charge is -2.20. The van der Waals surface area contributed by atoms with Gasteiger partial charge >= 0.3 is 5.97 Å². The molecule has 5 nitrogen and oxygen atoms in total. The second-order valence-electron chi connectivity index (χ2n) is 5.17. The van der Waals surface area contributed by atoms with Gasteiger partial charge in [0.25, 0.3) is 0 Å². The van der Waals surface area contributed by atoms with Gasteiger partial charge in [-0.1, -0.05) is 20.3 Å². The lowest BCUT2D eigenvalue weighted by Crippen LogP contribution is -2.45. The molecule has 1 aliphatic heterocycles. The molecule has 0 bridgehead atoms. The molecule has 0 aromatic rings. The van der Waals surface area contributed by atoms with E-state index in [9.17, 15) is 9.59 Å². The quantitative estimate of drug-likeness (QED) is 0.635. The molecule has 1 fully saturated rings. The molecule has 1 amide bonds. The minimum absolute atomic E-state index is 0.0420. The van der Waals surface area contributed by atoms with Crippen LogP contribution in [-0.2, 0) is 9.59 Å². The van der Waals surface area contributed by atoms with Gasteiger partial charge in [0.05, 0.1) is 0 Å². The number of carboxylic acids is 1. The Morgan fingerprint density at radius 2 is 2.22 bits per heavy atom. The first-order valence-electron chi connectivity index (χ1n) is 6.77. The monoisotopic (exact) mass is 256 g/mol. The van der Waals surface area contributed by atoms with Gasteiger partial charge in [0.15, 0.2) is 0 Å². The lowest BCUT2D eigenvalue weighted by atomic mass is 9.98. The van der Waals surface area contributed by atoms with Crippen LogP contribution in [0.1, 0.15) is 39.5 Å². The number of amides is 1. The van der Waals surface area contributed by atoms with Crippen molar-refractivity contribution in [1.82, 2.24) is 10.6 Å². The Morgan fingerprint density at radius 1 is 1.50 bits per heavy atom. The van der Waals surface area contributed by atoms with E-state index < -0.39 is 12.0 Å². The van der Waals surface area contributed by atoms with Crippen LogP contribution in [0.15, 0.2) is 0 Å². The summed E-state index contributed by atoms with van der Waals surface area (Å²) in [6.45, 7) is 5.77. The van der Waals surface area contributed by atoms with Crippen LogP contribution in [0.25, 0.3) is 0 Å². The van der Waals surface area contributed by atoms with Gasteiger partial charge in [-0.2, -0.15) is 0 Å². The van der Waals surface area contributed by atoms with Crippen molar-refractivity contribution < 1.29 is 14.7 Å². The largest absolute Gasteiger partial charge is 0.480 e. The fourth-order valence-electron chi connectivity index (χ4n) is 2.22. The smallest absolute Gasteiger partial charge is 0.326 e. The Morgan fingerprint density at radius 3 is 2.72 bits per heavy atom. The summed E-state index contributed by atoms with van der Waals surface area (Å²) < 4.78 is 0. The molecule has 1 heterocycles. The zero-order valence-electron chi connectivity index (χ0n) is 11.2. The second-order valence-corrected chi connectivity index (χ2v) is 5.17. The zero-order chi connectivity index (χ0) is 13.5. The first kappa shape index (κ1) is 15.0. The van der Waals surface area contributed by atoms with E-state index in [0.717, 1.165) is 32.4 Å². The highest BCUT2D eigenvalue weighted by Gasteiger charge is 2.25. The Labute approximate surface area is 108 Å². The maximum atomic E-state index is 11.7. The molecule has 0 saturated carbocycles. The predicted octanol–water partition coefficient (Wildman–Crippen LogP) is 0.992. The summed E-state index contributed by atoms with van der Waals surface area (Å²) in [5.41, 5.74) is 0. The molecule has 5 heteroatoms. The summed E-state index contributed by atoms with van der Waals surface area (Å²) >= 11 is 0. The molecule has 0 spiro atoms. The van der Waals surface area contributed by atoms with E-state index in [1.807, 2.05) is 13.8 Å². The molecular weight excluding hydrogens is 232 g/mol. The van der Waals surface area contributed by atoms with Crippen molar-refractivity contribution in [3.05, 3.63) is 0 Å². The van der Waals surface area contributed by atoms with Crippen LogP contribution in [0, 0.1) is 11.8 Å². The SMILES string of the molecule is CCC(C)C(NC(=O)CCC1CCNC1)C(=O)O. The number of aliphatic carboxylic acids is 1. The third kappa shape index (κ3) is 4.64. The third-order valence-corrected chi connectivity index (χ3v) is 3.74. The first-order chi connectivity index (χ1) is 8.54. The van der Waals surface area contributed by atoms with Gasteiger partial charge in [-0.3, -0.25) is 4.79 Å². The van der Waals surface area contributed by atoms with Crippen molar-refractivity contribution in [1.29, 1.82) is 0 Å². The second kappa shape index (κ2) is 7.36. The van der Waals surface area contributed by atoms with Gasteiger partial charge in [0.2, 0.25) is 5.91 Å². The molecule has 1 aliphatic rings. The van der Waals surface area contributed by atoms with Crippen molar-refractivity contribution in [3.63, 3.8) is 0 Å². The number of carboxylic acid groups (broad SMARTS) is 1. The van der Waals surface area contributed by atoms with E-state index in [2.05, 4.69) is 10.6 Å². The Hall–Kier alpha value is -1.10. The Balaban J connectivity index is 2.33. The normalized spacial score (nSPS) is 22.4. The van der Waals surface area contributed by atoms with Crippen LogP contribution in [-0.4, -0.2) is 36.1 Å². The molecule has 0 aromatic carbocycles. The fourth-order valence-corrected chi connectivity index (χ4v) is 2.22. The van der Waals surface area contributed by atoms with Gasteiger partial charge in [0.1, 0.15) is 6.04 Å². The topological polar surface area (TPSA) is 78.4 Å². The van der Waals surface area contributed by atoms with Crippen molar-refractivity contribution in [2.24, 2.45) is 11.8 Å². The standard InChI is InChI=1S/C13H24N2O3/c1-3-9(2)12(13(17)18)15-11(16)5-4-10-6-7-14-8-10/h9-10,12,14H,3-8H2,1-2H3,(H,15,16)(H,17,18). The fraction of sp³-hybridized carbons (Fsp3) is 0.846. The van der Waals surface area contributed by atoms with E-state index in [0.29, 0.717) is 12.3 Å².